The van der Waals surface area contributed by atoms with E-state index < -0.39 is 17.7 Å². The van der Waals surface area contributed by atoms with E-state index in [1.165, 1.54) is 47.0 Å². The summed E-state index contributed by atoms with van der Waals surface area (Å²) >= 11 is 17.0. The molecule has 5 heterocycles. The number of hydrogen-bond donors (Lipinski definition) is 8. The van der Waals surface area contributed by atoms with Crippen LogP contribution in [0.5, 0.6) is 0 Å². The van der Waals surface area contributed by atoms with Crippen molar-refractivity contribution in [3.05, 3.63) is 261 Å². The summed E-state index contributed by atoms with van der Waals surface area (Å²) in [7, 11) is 0. The predicted octanol–water partition coefficient (Wildman–Crippen LogP) is 13.0. The summed E-state index contributed by atoms with van der Waals surface area (Å²) in [6, 6.07) is 62.8. The van der Waals surface area contributed by atoms with Crippen molar-refractivity contribution in [3.8, 4) is 6.07 Å². The number of amides is 5. The monoisotopic (exact) mass is 1430 g/mol. The number of pyridine rings is 3. The van der Waals surface area contributed by atoms with Gasteiger partial charge >= 0.3 is 0 Å². The van der Waals surface area contributed by atoms with E-state index in [9.17, 15) is 24.0 Å². The molecule has 3 aliphatic carbocycles. The Kier molecular flexibility index (Phi) is 26.3. The molecule has 3 saturated carbocycles. The molecule has 0 bridgehead atoms. The van der Waals surface area contributed by atoms with Crippen molar-refractivity contribution in [3.63, 3.8) is 0 Å². The normalized spacial score (nSPS) is 15.2. The van der Waals surface area contributed by atoms with Crippen LogP contribution in [-0.4, -0.2) is 107 Å². The second-order valence-electron chi connectivity index (χ2n) is 25.1. The largest absolute Gasteiger partial charge is 0.399 e. The number of nitrogens with two attached hydrogens (primary N) is 5. The van der Waals surface area contributed by atoms with E-state index in [1.807, 2.05) is 145 Å². The quantitative estimate of drug-likeness (QED) is 0.0329. The Morgan fingerprint density at radius 2 is 0.863 bits per heavy atom. The highest BCUT2D eigenvalue weighted by Gasteiger charge is 2.46. The average molecular weight is 1430 g/mol. The summed E-state index contributed by atoms with van der Waals surface area (Å²) in [6.45, 7) is 10.4. The Morgan fingerprint density at radius 1 is 0.480 bits per heavy atom. The number of primary amides is 3. The minimum Gasteiger partial charge on any atom is -0.399 e. The van der Waals surface area contributed by atoms with Crippen molar-refractivity contribution in [2.24, 2.45) is 22.9 Å². The fraction of sp³-hybridized carbons (Fsp3) is 0.269. The Labute approximate surface area is 610 Å². The number of rotatable bonds is 16. The number of benzene rings is 6. The van der Waals surface area contributed by atoms with E-state index in [1.54, 1.807) is 18.2 Å². The first kappa shape index (κ1) is 75.4. The molecular weight excluding hydrogens is 1350 g/mol. The van der Waals surface area contributed by atoms with E-state index in [4.69, 9.17) is 68.7 Å². The SMILES string of the molecule is CCC(=O)N1CCN(c2ccc(N)cc2)CC1.CCC(=O)N1CCN(c2ccc(Nc3cc(NC4(c5ccccc5)CC4)c(C(N)=O)cn3)cc2)CC1.N#Cc1ccccc1.NC(=O)c1cnc(Cl)cc1Cl.NC(=O)c1cnc(Cl)cc1NC1(c2ccccc2)CC1.NC1(c2ccccc2)CC1. The molecule has 5 aliphatic rings. The molecule has 528 valence electrons. The summed E-state index contributed by atoms with van der Waals surface area (Å²) in [5.41, 5.74) is 38.0. The number of nitriles is 1. The summed E-state index contributed by atoms with van der Waals surface area (Å²) in [5, 5.41) is 19.4. The molecule has 5 fully saturated rings. The van der Waals surface area contributed by atoms with E-state index in [-0.39, 0.29) is 44.2 Å². The minimum absolute atomic E-state index is 0.0429. The highest BCUT2D eigenvalue weighted by Crippen LogP contribution is 2.50. The van der Waals surface area contributed by atoms with Crippen LogP contribution in [0.3, 0.4) is 0 Å². The first-order valence-electron chi connectivity index (χ1n) is 33.8. The zero-order valence-electron chi connectivity index (χ0n) is 57.1. The van der Waals surface area contributed by atoms with Gasteiger partial charge in [0.15, 0.2) is 0 Å². The lowest BCUT2D eigenvalue weighted by Gasteiger charge is -2.36. The third kappa shape index (κ3) is 21.2. The van der Waals surface area contributed by atoms with Crippen LogP contribution in [-0.2, 0) is 26.2 Å². The lowest BCUT2D eigenvalue weighted by Crippen LogP contribution is -2.48. The molecule has 6 aromatic carbocycles. The van der Waals surface area contributed by atoms with Crippen LogP contribution < -0.4 is 54.4 Å². The molecule has 2 saturated heterocycles. The zero-order chi connectivity index (χ0) is 72.8. The summed E-state index contributed by atoms with van der Waals surface area (Å²) in [5.74, 6) is -0.535. The van der Waals surface area contributed by atoms with Gasteiger partial charge in [0.05, 0.1) is 55.8 Å². The van der Waals surface area contributed by atoms with Gasteiger partial charge in [-0.2, -0.15) is 5.26 Å². The van der Waals surface area contributed by atoms with Crippen LogP contribution >= 0.6 is 34.8 Å². The molecule has 14 rings (SSSR count). The molecule has 2 aliphatic heterocycles. The number of halogens is 3. The number of carbonyl (C=O) groups is 5. The fourth-order valence-corrected chi connectivity index (χ4v) is 12.2. The summed E-state index contributed by atoms with van der Waals surface area (Å²) in [6.07, 6.45) is 11.6. The molecule has 0 radical (unpaired) electrons. The van der Waals surface area contributed by atoms with Crippen LogP contribution in [0.4, 0.5) is 39.9 Å². The van der Waals surface area contributed by atoms with Crippen molar-refractivity contribution in [1.82, 2.24) is 24.8 Å². The number of nitrogen functional groups attached to an aromatic ring is 1. The van der Waals surface area contributed by atoms with E-state index in [2.05, 4.69) is 89.2 Å². The van der Waals surface area contributed by atoms with Crippen molar-refractivity contribution >= 4 is 104 Å². The van der Waals surface area contributed by atoms with Crippen LogP contribution in [0.2, 0.25) is 15.3 Å². The molecule has 3 aromatic heterocycles. The maximum Gasteiger partial charge on any atom is 0.252 e. The summed E-state index contributed by atoms with van der Waals surface area (Å²) < 4.78 is 0. The number of piperazine rings is 2. The number of nitrogens with one attached hydrogen (secondary N) is 3. The van der Waals surface area contributed by atoms with E-state index >= 15 is 0 Å². The Bertz CT molecular complexity index is 4320. The molecule has 24 heteroatoms. The van der Waals surface area contributed by atoms with Gasteiger partial charge in [0.25, 0.3) is 17.7 Å². The minimum atomic E-state index is -0.612. The second kappa shape index (κ2) is 35.5. The van der Waals surface area contributed by atoms with Gasteiger partial charge in [-0.15, -0.1) is 0 Å². The number of nitrogens with zero attached hydrogens (tertiary/aromatic N) is 8. The molecule has 21 nitrogen and oxygen atoms in total. The predicted molar refractivity (Wildman–Crippen MR) is 407 cm³/mol. The maximum atomic E-state index is 12.1. The van der Waals surface area contributed by atoms with Crippen molar-refractivity contribution in [2.75, 3.05) is 83.8 Å². The van der Waals surface area contributed by atoms with Gasteiger partial charge in [0.2, 0.25) is 11.8 Å². The number of anilines is 7. The van der Waals surface area contributed by atoms with Gasteiger partial charge in [-0.3, -0.25) is 24.0 Å². The number of hydrogen-bond acceptors (Lipinski definition) is 16. The van der Waals surface area contributed by atoms with Crippen molar-refractivity contribution in [2.45, 2.75) is 81.8 Å². The third-order valence-electron chi connectivity index (χ3n) is 18.0. The second-order valence-corrected chi connectivity index (χ2v) is 26.3. The molecule has 102 heavy (non-hydrogen) atoms. The number of aromatic nitrogens is 3. The van der Waals surface area contributed by atoms with Crippen LogP contribution in [0.1, 0.15) is 119 Å². The van der Waals surface area contributed by atoms with Gasteiger partial charge < -0.3 is 64.2 Å². The Hall–Kier alpha value is -10.8. The molecule has 9 aromatic rings. The maximum absolute atomic E-state index is 12.1. The van der Waals surface area contributed by atoms with Gasteiger partial charge in [0, 0.05) is 118 Å². The van der Waals surface area contributed by atoms with Gasteiger partial charge in [-0.1, -0.05) is 158 Å². The third-order valence-corrected chi connectivity index (χ3v) is 18.7. The van der Waals surface area contributed by atoms with Gasteiger partial charge in [0.1, 0.15) is 16.1 Å². The Balaban J connectivity index is 0.000000155. The molecule has 0 unspecified atom stereocenters. The van der Waals surface area contributed by atoms with Gasteiger partial charge in [-0.05, 0) is 128 Å². The highest BCUT2D eigenvalue weighted by molar-refractivity contribution is 6.36. The Morgan fingerprint density at radius 3 is 1.25 bits per heavy atom. The lowest BCUT2D eigenvalue weighted by atomic mass is 10.0. The summed E-state index contributed by atoms with van der Waals surface area (Å²) in [4.78, 5) is 78.1. The molecule has 0 atom stereocenters. The molecule has 13 N–H and O–H groups in total. The standard InChI is InChI=1S/C28H32N6O2.C15H14ClN3O.C13H19N3O.C9H11N.C7H5N.C6H4Cl2N2O/c1-2-26(35)34-16-14-33(15-17-34)22-10-8-21(9-11-22)31-25-18-24(23(19-30-25)27(29)36)32-28(12-13-28)20-6-4-3-5-7-20;16-13-8-12(11(9-18-13)14(17)20)19-15(6-7-15)10-4-2-1-3-5-10;1-2-13(17)16-9-7-15(8-10-16)12-5-3-11(14)4-6-12;10-9(6-7-9)8-4-2-1-3-5-8;8-6-7-4-2-1-3-5-7;7-4-1-5(8)10-2-3(4)6(9)11/h3-11,18-19H,2,12-17H2,1H3,(H2,29,36)(H2,30,31,32);1-5,8-9H,6-7H2,(H2,17,20)(H,18,19);3-6H,2,7-10,14H2,1H3;1-5H,6-7,10H2;1-5H;1-2H,(H2,9,11). The van der Waals surface area contributed by atoms with Crippen molar-refractivity contribution < 1.29 is 24.0 Å². The van der Waals surface area contributed by atoms with E-state index in [0.717, 1.165) is 108 Å². The molecule has 5 amide bonds. The van der Waals surface area contributed by atoms with Crippen LogP contribution in [0, 0.1) is 11.3 Å². The molecular formula is C78H85Cl3N16O5. The average Bonchev–Trinajstić information content (AvgIpc) is 1.60. The first-order chi connectivity index (χ1) is 49.1. The number of carbonyl (C=O) groups excluding carboxylic acids is 5. The lowest BCUT2D eigenvalue weighted by molar-refractivity contribution is -0.131. The highest BCUT2D eigenvalue weighted by atomic mass is 35.5. The fourth-order valence-electron chi connectivity index (χ4n) is 11.6. The van der Waals surface area contributed by atoms with Crippen LogP contribution in [0.25, 0.3) is 0 Å². The van der Waals surface area contributed by atoms with Crippen LogP contribution in [0.15, 0.2) is 207 Å². The topological polar surface area (TPSA) is 327 Å². The van der Waals surface area contributed by atoms with Gasteiger partial charge in [-0.25, -0.2) is 15.0 Å². The van der Waals surface area contributed by atoms with Crippen molar-refractivity contribution in [1.29, 1.82) is 5.26 Å². The molecule has 0 spiro atoms. The zero-order valence-corrected chi connectivity index (χ0v) is 59.4. The first-order valence-corrected chi connectivity index (χ1v) is 34.9. The smallest absolute Gasteiger partial charge is 0.252 e. The van der Waals surface area contributed by atoms with E-state index in [0.29, 0.717) is 51.9 Å².